The first-order valence-corrected chi connectivity index (χ1v) is 5.69. The number of amides is 3. The average molecular weight is 267 g/mol. The van der Waals surface area contributed by atoms with Gasteiger partial charge in [-0.3, -0.25) is 4.79 Å². The van der Waals surface area contributed by atoms with E-state index in [1.807, 2.05) is 0 Å². The Bertz CT molecular complexity index is 314. The highest BCUT2D eigenvalue weighted by Crippen LogP contribution is 2.12. The van der Waals surface area contributed by atoms with E-state index in [1.54, 1.807) is 10.2 Å². The molecular weight excluding hydrogens is 251 g/mol. The van der Waals surface area contributed by atoms with Crippen LogP contribution in [0.2, 0.25) is 0 Å². The number of nitrogens with one attached hydrogen (secondary N) is 2. The summed E-state index contributed by atoms with van der Waals surface area (Å²) in [4.78, 5) is 24.5. The van der Waals surface area contributed by atoms with Gasteiger partial charge in [0.25, 0.3) is 0 Å². The van der Waals surface area contributed by atoms with Crippen LogP contribution in [-0.4, -0.2) is 48.7 Å². The smallest absolute Gasteiger partial charge is 0.341 e. The molecule has 0 spiro atoms. The minimum atomic E-state index is -4.46. The molecule has 1 unspecified atom stereocenters. The summed E-state index contributed by atoms with van der Waals surface area (Å²) in [7, 11) is 0. The summed E-state index contributed by atoms with van der Waals surface area (Å²) >= 11 is 0. The molecule has 1 aliphatic heterocycles. The Morgan fingerprint density at radius 3 is 2.33 bits per heavy atom. The van der Waals surface area contributed by atoms with Gasteiger partial charge in [0.2, 0.25) is 5.91 Å². The summed E-state index contributed by atoms with van der Waals surface area (Å²) in [5, 5.41) is 3.84. The van der Waals surface area contributed by atoms with Crippen molar-refractivity contribution in [1.82, 2.24) is 15.5 Å². The maximum absolute atomic E-state index is 11.8. The number of likely N-dealkylation sites (tertiary alicyclic amines) is 1. The molecule has 104 valence electrons. The number of rotatable bonds is 3. The van der Waals surface area contributed by atoms with Crippen LogP contribution in [0.4, 0.5) is 18.0 Å². The normalized spacial score (nSPS) is 17.4. The molecule has 5 nitrogen and oxygen atoms in total. The number of alkyl halides is 3. The van der Waals surface area contributed by atoms with E-state index in [2.05, 4.69) is 5.32 Å². The van der Waals surface area contributed by atoms with Gasteiger partial charge in [0.05, 0.1) is 0 Å². The van der Waals surface area contributed by atoms with Crippen LogP contribution in [-0.2, 0) is 4.79 Å². The number of hydrogen-bond acceptors (Lipinski definition) is 2. The van der Waals surface area contributed by atoms with Gasteiger partial charge >= 0.3 is 12.2 Å². The van der Waals surface area contributed by atoms with Crippen molar-refractivity contribution in [2.75, 3.05) is 19.6 Å². The molecule has 2 N–H and O–H groups in total. The van der Waals surface area contributed by atoms with E-state index in [0.29, 0.717) is 13.1 Å². The van der Waals surface area contributed by atoms with Crippen LogP contribution in [0.1, 0.15) is 19.8 Å². The monoisotopic (exact) mass is 267 g/mol. The van der Waals surface area contributed by atoms with Gasteiger partial charge in [-0.25, -0.2) is 4.79 Å². The second kappa shape index (κ2) is 5.92. The Kier molecular flexibility index (Phi) is 4.80. The molecule has 8 heteroatoms. The maximum atomic E-state index is 11.8. The largest absolute Gasteiger partial charge is 0.405 e. The molecule has 1 saturated heterocycles. The first kappa shape index (κ1) is 14.6. The van der Waals surface area contributed by atoms with Gasteiger partial charge in [0.1, 0.15) is 12.6 Å². The molecule has 0 aromatic rings. The molecule has 0 saturated carbocycles. The molecule has 1 rings (SSSR count). The van der Waals surface area contributed by atoms with Crippen molar-refractivity contribution < 1.29 is 22.8 Å². The number of urea groups is 1. The van der Waals surface area contributed by atoms with E-state index < -0.39 is 24.8 Å². The minimum absolute atomic E-state index is 0.269. The summed E-state index contributed by atoms with van der Waals surface area (Å²) in [5.41, 5.74) is 0. The third kappa shape index (κ3) is 4.80. The SMILES string of the molecule is CC(NC(=O)NCC(F)(F)F)C(=O)N1CCCC1. The Labute approximate surface area is 103 Å². The van der Waals surface area contributed by atoms with E-state index in [0.717, 1.165) is 12.8 Å². The fourth-order valence-electron chi connectivity index (χ4n) is 1.70. The van der Waals surface area contributed by atoms with Crippen LogP contribution in [0.3, 0.4) is 0 Å². The first-order valence-electron chi connectivity index (χ1n) is 5.69. The molecule has 18 heavy (non-hydrogen) atoms. The third-order valence-corrected chi connectivity index (χ3v) is 2.59. The lowest BCUT2D eigenvalue weighted by atomic mass is 10.3. The summed E-state index contributed by atoms with van der Waals surface area (Å²) in [6.45, 7) is 1.31. The Balaban J connectivity index is 2.32. The predicted octanol–water partition coefficient (Wildman–Crippen LogP) is 0.859. The summed E-state index contributed by atoms with van der Waals surface area (Å²) in [5.74, 6) is -0.269. The summed E-state index contributed by atoms with van der Waals surface area (Å²) in [6.07, 6.45) is -2.63. The third-order valence-electron chi connectivity index (χ3n) is 2.59. The number of carbonyl (C=O) groups excluding carboxylic acids is 2. The number of halogens is 3. The molecule has 3 amide bonds. The van der Waals surface area contributed by atoms with Gasteiger partial charge < -0.3 is 15.5 Å². The number of nitrogens with zero attached hydrogens (tertiary/aromatic N) is 1. The molecule has 0 aromatic carbocycles. The molecular formula is C10H16F3N3O2. The van der Waals surface area contributed by atoms with Crippen LogP contribution in [0.5, 0.6) is 0 Å². The fourth-order valence-corrected chi connectivity index (χ4v) is 1.70. The minimum Gasteiger partial charge on any atom is -0.341 e. The van der Waals surface area contributed by atoms with Gasteiger partial charge in [-0.2, -0.15) is 13.2 Å². The summed E-state index contributed by atoms with van der Waals surface area (Å²) in [6, 6.07) is -1.82. The van der Waals surface area contributed by atoms with Crippen molar-refractivity contribution in [3.63, 3.8) is 0 Å². The zero-order chi connectivity index (χ0) is 13.8. The fraction of sp³-hybridized carbons (Fsp3) is 0.800. The lowest BCUT2D eigenvalue weighted by molar-refractivity contribution is -0.131. The predicted molar refractivity (Wildman–Crippen MR) is 57.9 cm³/mol. The molecule has 0 radical (unpaired) electrons. The highest BCUT2D eigenvalue weighted by molar-refractivity contribution is 5.86. The molecule has 0 bridgehead atoms. The van der Waals surface area contributed by atoms with Crippen molar-refractivity contribution in [3.05, 3.63) is 0 Å². The van der Waals surface area contributed by atoms with E-state index >= 15 is 0 Å². The van der Waals surface area contributed by atoms with E-state index in [1.165, 1.54) is 6.92 Å². The van der Waals surface area contributed by atoms with Gasteiger partial charge in [0, 0.05) is 13.1 Å². The van der Waals surface area contributed by atoms with E-state index in [-0.39, 0.29) is 5.91 Å². The van der Waals surface area contributed by atoms with Crippen LogP contribution >= 0.6 is 0 Å². The highest BCUT2D eigenvalue weighted by atomic mass is 19.4. The number of hydrogen-bond donors (Lipinski definition) is 2. The lowest BCUT2D eigenvalue weighted by Crippen LogP contribution is -2.50. The Morgan fingerprint density at radius 1 is 1.28 bits per heavy atom. The second-order valence-corrected chi connectivity index (χ2v) is 4.20. The number of carbonyl (C=O) groups is 2. The summed E-state index contributed by atoms with van der Waals surface area (Å²) < 4.78 is 35.5. The molecule has 1 fully saturated rings. The molecule has 1 aliphatic rings. The van der Waals surface area contributed by atoms with Crippen molar-refractivity contribution >= 4 is 11.9 Å². The molecule has 1 heterocycles. The van der Waals surface area contributed by atoms with Gasteiger partial charge in [0.15, 0.2) is 0 Å². The maximum Gasteiger partial charge on any atom is 0.405 e. The van der Waals surface area contributed by atoms with Gasteiger partial charge in [-0.1, -0.05) is 0 Å². The van der Waals surface area contributed by atoms with E-state index in [4.69, 9.17) is 0 Å². The highest BCUT2D eigenvalue weighted by Gasteiger charge is 2.29. The van der Waals surface area contributed by atoms with E-state index in [9.17, 15) is 22.8 Å². The van der Waals surface area contributed by atoms with Gasteiger partial charge in [-0.05, 0) is 19.8 Å². The van der Waals surface area contributed by atoms with Crippen LogP contribution in [0.15, 0.2) is 0 Å². The Morgan fingerprint density at radius 2 is 1.83 bits per heavy atom. The zero-order valence-electron chi connectivity index (χ0n) is 10.0. The van der Waals surface area contributed by atoms with Crippen LogP contribution in [0.25, 0.3) is 0 Å². The molecule has 0 aliphatic carbocycles. The van der Waals surface area contributed by atoms with Gasteiger partial charge in [-0.15, -0.1) is 0 Å². The topological polar surface area (TPSA) is 61.4 Å². The van der Waals surface area contributed by atoms with Crippen LogP contribution in [0, 0.1) is 0 Å². The average Bonchev–Trinajstić information content (AvgIpc) is 2.77. The zero-order valence-corrected chi connectivity index (χ0v) is 10.0. The van der Waals surface area contributed by atoms with Crippen molar-refractivity contribution in [1.29, 1.82) is 0 Å². The quantitative estimate of drug-likeness (QED) is 0.796. The second-order valence-electron chi connectivity index (χ2n) is 4.20. The van der Waals surface area contributed by atoms with Crippen LogP contribution < -0.4 is 10.6 Å². The standard InChI is InChI=1S/C10H16F3N3O2/c1-7(8(17)16-4-2-3-5-16)15-9(18)14-6-10(11,12)13/h7H,2-6H2,1H3,(H2,14,15,18). The molecule has 0 aromatic heterocycles. The Hall–Kier alpha value is -1.47. The first-order chi connectivity index (χ1) is 8.29. The molecule has 1 atom stereocenters. The van der Waals surface area contributed by atoms with Crippen molar-refractivity contribution in [2.45, 2.75) is 32.0 Å². The van der Waals surface area contributed by atoms with Crippen molar-refractivity contribution in [3.8, 4) is 0 Å². The van der Waals surface area contributed by atoms with Crippen molar-refractivity contribution in [2.24, 2.45) is 0 Å². The lowest BCUT2D eigenvalue weighted by Gasteiger charge is -2.21.